The van der Waals surface area contributed by atoms with Crippen LogP contribution in [0.4, 0.5) is 38.8 Å². The number of alkyl carbamates (subject to hydrolysis) is 1. The van der Waals surface area contributed by atoms with E-state index in [-0.39, 0.29) is 76.1 Å². The summed E-state index contributed by atoms with van der Waals surface area (Å²) in [5.74, 6) is 1.66. The molecule has 8 fully saturated rings. The predicted octanol–water partition coefficient (Wildman–Crippen LogP) is 6.65. The second-order valence-corrected chi connectivity index (χ2v) is 19.8. The number of carbonyl (C=O) groups excluding carboxylic acids is 3. The second-order valence-electron chi connectivity index (χ2n) is 19.8. The van der Waals surface area contributed by atoms with Gasteiger partial charge in [0.1, 0.15) is 17.5 Å². The fraction of sp³-hybridized carbons (Fsp3) is 0.636. The van der Waals surface area contributed by atoms with Crippen LogP contribution in [0.3, 0.4) is 0 Å². The number of ether oxygens (including phenoxy) is 3. The van der Waals surface area contributed by atoms with E-state index >= 15 is 0 Å². The van der Waals surface area contributed by atoms with Crippen LogP contribution in [0.5, 0.6) is 11.8 Å². The number of hydrogen-bond donors (Lipinski definition) is 6. The number of halogens is 4. The highest BCUT2D eigenvalue weighted by Crippen LogP contribution is 2.62. The Morgan fingerprint density at radius 2 is 1.24 bits per heavy atom. The van der Waals surface area contributed by atoms with Gasteiger partial charge < -0.3 is 35.3 Å². The van der Waals surface area contributed by atoms with E-state index in [4.69, 9.17) is 14.2 Å². The van der Waals surface area contributed by atoms with Crippen LogP contribution in [-0.4, -0.2) is 123 Å². The van der Waals surface area contributed by atoms with E-state index in [9.17, 15) is 41.8 Å². The van der Waals surface area contributed by atoms with Gasteiger partial charge in [-0.15, -0.1) is 10.2 Å². The molecule has 4 aromatic heterocycles. The highest BCUT2D eigenvalue weighted by Gasteiger charge is 2.64. The molecular weight excluding hydrogens is 901 g/mol. The Bertz CT molecular complexity index is 2490. The number of aromatic nitrogens is 8. The third-order valence-electron chi connectivity index (χ3n) is 14.8. The minimum Gasteiger partial charge on any atom is -0.471 e. The van der Waals surface area contributed by atoms with E-state index in [1.54, 1.807) is 17.0 Å². The van der Waals surface area contributed by atoms with Gasteiger partial charge >= 0.3 is 12.2 Å². The van der Waals surface area contributed by atoms with Crippen LogP contribution in [0.1, 0.15) is 122 Å². The van der Waals surface area contributed by atoms with Crippen LogP contribution in [0.2, 0.25) is 0 Å². The average molecular weight is 957 g/mol. The van der Waals surface area contributed by atoms with E-state index in [1.807, 2.05) is 0 Å². The second kappa shape index (κ2) is 18.3. The Morgan fingerprint density at radius 1 is 0.750 bits per heavy atom. The summed E-state index contributed by atoms with van der Waals surface area (Å²) in [4.78, 5) is 51.4. The van der Waals surface area contributed by atoms with Gasteiger partial charge in [-0.2, -0.15) is 10.2 Å². The number of anilines is 2. The van der Waals surface area contributed by atoms with Crippen molar-refractivity contribution in [1.82, 2.24) is 50.2 Å². The van der Waals surface area contributed by atoms with E-state index in [0.717, 1.165) is 68.7 Å². The molecule has 0 aliphatic heterocycles. The Kier molecular flexibility index (Phi) is 12.6. The zero-order chi connectivity index (χ0) is 48.2. The molecule has 0 spiro atoms. The van der Waals surface area contributed by atoms with Gasteiger partial charge in [0.05, 0.1) is 0 Å². The summed E-state index contributed by atoms with van der Waals surface area (Å²) in [5.41, 5.74) is 1.81. The Morgan fingerprint density at radius 3 is 1.68 bits per heavy atom. The van der Waals surface area contributed by atoms with Crippen molar-refractivity contribution < 1.29 is 56.1 Å². The molecule has 4 bridgehead atoms. The lowest BCUT2D eigenvalue weighted by atomic mass is 9.48. The summed E-state index contributed by atoms with van der Waals surface area (Å²) < 4.78 is 67.3. The first kappa shape index (κ1) is 46.7. The third-order valence-corrected chi connectivity index (χ3v) is 14.8. The van der Waals surface area contributed by atoms with Crippen LogP contribution in [0.25, 0.3) is 0 Å². The highest BCUT2D eigenvalue weighted by atomic mass is 19.3. The van der Waals surface area contributed by atoms with E-state index in [0.29, 0.717) is 30.4 Å². The van der Waals surface area contributed by atoms with E-state index in [2.05, 4.69) is 60.4 Å². The number of H-pyrrole nitrogens is 2. The van der Waals surface area contributed by atoms with Gasteiger partial charge in [0.2, 0.25) is 11.8 Å². The maximum Gasteiger partial charge on any atom is 0.408 e. The number of amides is 4. The van der Waals surface area contributed by atoms with Crippen LogP contribution < -0.4 is 25.4 Å². The number of hydrogen-bond acceptors (Lipinski definition) is 11. The van der Waals surface area contributed by atoms with Gasteiger partial charge in [0.25, 0.3) is 24.7 Å². The first-order chi connectivity index (χ1) is 32.3. The summed E-state index contributed by atoms with van der Waals surface area (Å²) >= 11 is 0. The first-order valence-corrected chi connectivity index (χ1v) is 23.0. The lowest BCUT2D eigenvalue weighted by Crippen LogP contribution is -2.71. The molecule has 20 nitrogen and oxygen atoms in total. The summed E-state index contributed by atoms with van der Waals surface area (Å²) in [6.07, 6.45) is 2.57. The number of aryl methyl sites for hydroxylation is 2. The molecule has 68 heavy (non-hydrogen) atoms. The summed E-state index contributed by atoms with van der Waals surface area (Å²) in [6.45, 7) is 2.56. The van der Waals surface area contributed by atoms with Crippen LogP contribution in [0.15, 0.2) is 24.3 Å². The van der Waals surface area contributed by atoms with Crippen molar-refractivity contribution in [2.75, 3.05) is 23.8 Å². The molecule has 24 heteroatoms. The van der Waals surface area contributed by atoms with Gasteiger partial charge in [-0.25, -0.2) is 27.2 Å². The van der Waals surface area contributed by atoms with Crippen molar-refractivity contribution in [3.05, 3.63) is 47.0 Å². The first-order valence-electron chi connectivity index (χ1n) is 23.0. The van der Waals surface area contributed by atoms with Crippen LogP contribution in [-0.2, 0) is 18.8 Å². The zero-order valence-electron chi connectivity index (χ0n) is 38.0. The molecule has 368 valence electrons. The molecule has 0 radical (unpaired) electrons. The highest BCUT2D eigenvalue weighted by molar-refractivity contribution is 6.03. The van der Waals surface area contributed by atoms with Crippen molar-refractivity contribution in [3.63, 3.8) is 0 Å². The third kappa shape index (κ3) is 9.54. The molecule has 4 amide bonds. The fourth-order valence-electron chi connectivity index (χ4n) is 11.2. The van der Waals surface area contributed by atoms with Crippen molar-refractivity contribution >= 4 is 35.6 Å². The fourth-order valence-corrected chi connectivity index (χ4v) is 11.2. The number of nitrogens with one attached hydrogen (secondary N) is 5. The maximum absolute atomic E-state index is 12.6. The standard InChI is InChI=1S/2C22H28F2N6O4/c1-11-3-13(4-16(11)34-21(32)26-22-7-12(8-22)9-22)14-5-18(28-27-14)25-20(31)15-6-19(29-30(15)2)33-10-17(23)24;1-11-3-13(4-15(11)30(21(32)33)22-7-12(8-22)9-22)14-5-18(27-26-14)25-20(31)16-6-19(28-29(16)2)34-10-17(23)24/h5-6,11-13,16-17H,3-4,7-10H2,1-2H3,(H,26,32)(H2,25,27,28,31);5-6,11-13,15,17H,3-4,7-10H2,1-2H3,(H,32,33)(H2,25,26,27,31)/t11-,12?,13+,16+,22?;11-,12?,13+,15+,22?/m01/s1. The van der Waals surface area contributed by atoms with Gasteiger partial charge in [0.15, 0.2) is 24.8 Å². The Balaban J connectivity index is 0.000000170. The minimum atomic E-state index is -2.64. The van der Waals surface area contributed by atoms with E-state index < -0.39 is 44.0 Å². The van der Waals surface area contributed by atoms with E-state index in [1.165, 1.54) is 35.6 Å². The number of carbonyl (C=O) groups is 4. The zero-order valence-corrected chi connectivity index (χ0v) is 38.0. The topological polar surface area (TPSA) is 249 Å². The monoisotopic (exact) mass is 956 g/mol. The molecule has 12 rings (SSSR count). The molecule has 6 atom stereocenters. The summed E-state index contributed by atoms with van der Waals surface area (Å²) in [6, 6.07) is 6.06. The molecule has 8 aliphatic carbocycles. The quantitative estimate of drug-likeness (QED) is 0.0646. The lowest BCUT2D eigenvalue weighted by Gasteiger charge is -2.67. The number of carboxylic acid groups (broad SMARTS) is 1. The SMILES string of the molecule is C[C@@H]1C[C@H](c2cc(NC(=O)c3cc(OCC(F)F)nn3C)n[nH]2)C[C@@H]1N(C(=O)O)C12CC(C1)C2.C[C@H]1C[C@@H](c2cc(NC(=O)c3cc(OCC(F)F)nn3C)n[nH]2)C[C@H]1OC(=O)NC12CC(C1)C2. The van der Waals surface area contributed by atoms with Crippen molar-refractivity contribution in [2.45, 2.75) is 126 Å². The predicted molar refractivity (Wildman–Crippen MR) is 232 cm³/mol. The van der Waals surface area contributed by atoms with Gasteiger partial charge in [-0.3, -0.25) is 34.0 Å². The number of nitrogens with zero attached hydrogens (tertiary/aromatic N) is 7. The number of aromatic amines is 2. The molecule has 0 unspecified atom stereocenters. The van der Waals surface area contributed by atoms with Crippen LogP contribution in [0, 0.1) is 23.7 Å². The number of rotatable bonds is 16. The van der Waals surface area contributed by atoms with Crippen molar-refractivity contribution in [1.29, 1.82) is 0 Å². The molecular formula is C44H56F4N12O8. The smallest absolute Gasteiger partial charge is 0.408 e. The molecule has 8 aliphatic rings. The Labute approximate surface area is 387 Å². The van der Waals surface area contributed by atoms with Crippen LogP contribution >= 0.6 is 0 Å². The molecule has 0 aromatic carbocycles. The molecule has 4 aromatic rings. The molecule has 6 N–H and O–H groups in total. The summed E-state index contributed by atoms with van der Waals surface area (Å²) in [7, 11) is 3.03. The summed E-state index contributed by atoms with van der Waals surface area (Å²) in [5, 5.41) is 40.5. The van der Waals surface area contributed by atoms with Crippen molar-refractivity contribution in [2.24, 2.45) is 37.8 Å². The maximum atomic E-state index is 12.6. The molecule has 8 saturated carbocycles. The lowest BCUT2D eigenvalue weighted by molar-refractivity contribution is -0.146. The normalized spacial score (nSPS) is 29.4. The molecule has 0 saturated heterocycles. The number of alkyl halides is 4. The van der Waals surface area contributed by atoms with Gasteiger partial charge in [0, 0.05) is 78.7 Å². The largest absolute Gasteiger partial charge is 0.471 e. The molecule has 4 heterocycles. The van der Waals surface area contributed by atoms with Crippen molar-refractivity contribution in [3.8, 4) is 11.8 Å². The van der Waals surface area contributed by atoms with Gasteiger partial charge in [-0.05, 0) is 87.9 Å². The van der Waals surface area contributed by atoms with Gasteiger partial charge in [-0.1, -0.05) is 13.8 Å². The average Bonchev–Trinajstić information content (AvgIpc) is 4.08. The Hall–Kier alpha value is -6.36. The minimum absolute atomic E-state index is 0.0108.